The van der Waals surface area contributed by atoms with Crippen LogP contribution in [-0.2, 0) is 4.74 Å². The molecule has 142 valence electrons. The lowest BCUT2D eigenvalue weighted by atomic mass is 10.1. The van der Waals surface area contributed by atoms with Gasteiger partial charge in [-0.1, -0.05) is 18.2 Å². The van der Waals surface area contributed by atoms with Crippen molar-refractivity contribution in [2.24, 2.45) is 0 Å². The summed E-state index contributed by atoms with van der Waals surface area (Å²) in [4.78, 5) is 7.30. The van der Waals surface area contributed by atoms with Crippen LogP contribution in [0.1, 0.15) is 12.8 Å². The molecule has 0 bridgehead atoms. The maximum atomic E-state index is 13.6. The Morgan fingerprint density at radius 3 is 2.93 bits per heavy atom. The second-order valence-corrected chi connectivity index (χ2v) is 7.29. The minimum Gasteiger partial charge on any atom is -0.454 e. The molecule has 0 aliphatic carbocycles. The Morgan fingerprint density at radius 1 is 1.14 bits per heavy atom. The highest BCUT2D eigenvalue weighted by Crippen LogP contribution is 2.38. The Hall–Kier alpha value is -2.92. The van der Waals surface area contributed by atoms with E-state index >= 15 is 0 Å². The van der Waals surface area contributed by atoms with Gasteiger partial charge in [0.05, 0.1) is 23.9 Å². The fraction of sp³-hybridized carbons (Fsp3) is 0.261. The summed E-state index contributed by atoms with van der Waals surface area (Å²) in [5, 5.41) is 1.83. The highest BCUT2D eigenvalue weighted by atomic mass is 19.1. The Morgan fingerprint density at radius 2 is 2.04 bits per heavy atom. The molecule has 0 radical (unpaired) electrons. The highest BCUT2D eigenvalue weighted by molar-refractivity contribution is 5.91. The number of anilines is 1. The van der Waals surface area contributed by atoms with Crippen molar-refractivity contribution in [2.45, 2.75) is 18.9 Å². The molecule has 2 aromatic carbocycles. The minimum atomic E-state index is -0.272. The zero-order chi connectivity index (χ0) is 19.1. The van der Waals surface area contributed by atoms with Crippen LogP contribution >= 0.6 is 0 Å². The van der Waals surface area contributed by atoms with Gasteiger partial charge >= 0.3 is 0 Å². The molecule has 1 aliphatic rings. The molecule has 0 spiro atoms. The lowest BCUT2D eigenvalue weighted by Gasteiger charge is -2.28. The smallest absolute Gasteiger partial charge is 0.155 e. The zero-order valence-electron chi connectivity index (χ0n) is 15.7. The Kier molecular flexibility index (Phi) is 4.24. The number of ether oxygens (including phenoxy) is 1. The van der Waals surface area contributed by atoms with E-state index in [9.17, 15) is 4.39 Å². The van der Waals surface area contributed by atoms with Gasteiger partial charge in [0.1, 0.15) is 17.1 Å². The fourth-order valence-electron chi connectivity index (χ4n) is 4.15. The van der Waals surface area contributed by atoms with Crippen LogP contribution in [0, 0.1) is 5.82 Å². The number of para-hydroxylation sites is 1. The number of hydrogen-bond acceptors (Lipinski definition) is 4. The van der Waals surface area contributed by atoms with E-state index in [1.165, 1.54) is 12.1 Å². The molecule has 1 fully saturated rings. The van der Waals surface area contributed by atoms with Crippen LogP contribution in [0.4, 0.5) is 10.1 Å². The number of pyridine rings is 1. The average Bonchev–Trinajstić information content (AvgIpc) is 3.33. The second kappa shape index (κ2) is 6.91. The molecule has 1 saturated heterocycles. The van der Waals surface area contributed by atoms with Crippen LogP contribution in [0.3, 0.4) is 0 Å². The van der Waals surface area contributed by atoms with Crippen molar-refractivity contribution in [3.8, 4) is 11.5 Å². The van der Waals surface area contributed by atoms with E-state index < -0.39 is 0 Å². The number of hydrogen-bond donors (Lipinski definition) is 0. The minimum absolute atomic E-state index is 0.272. The third-order valence-electron chi connectivity index (χ3n) is 5.46. The first-order chi connectivity index (χ1) is 13.7. The Bertz CT molecular complexity index is 1150. The van der Waals surface area contributed by atoms with Gasteiger partial charge in [-0.25, -0.2) is 9.37 Å². The molecule has 0 saturated carbocycles. The summed E-state index contributed by atoms with van der Waals surface area (Å²) in [6.45, 7) is 1.63. The third-order valence-corrected chi connectivity index (χ3v) is 5.46. The van der Waals surface area contributed by atoms with Crippen molar-refractivity contribution in [2.75, 3.05) is 25.2 Å². The predicted octanol–water partition coefficient (Wildman–Crippen LogP) is 5.40. The maximum Gasteiger partial charge on any atom is 0.155 e. The molecular formula is C23H21FN2O2. The quantitative estimate of drug-likeness (QED) is 0.478. The first-order valence-electron chi connectivity index (χ1n) is 9.58. The molecule has 4 nitrogen and oxygen atoms in total. The van der Waals surface area contributed by atoms with E-state index in [2.05, 4.69) is 17.0 Å². The predicted molar refractivity (Wildman–Crippen MR) is 109 cm³/mol. The number of aromatic nitrogens is 1. The molecule has 5 rings (SSSR count). The first kappa shape index (κ1) is 17.2. The van der Waals surface area contributed by atoms with Gasteiger partial charge in [-0.05, 0) is 49.2 Å². The van der Waals surface area contributed by atoms with Gasteiger partial charge in [0.25, 0.3) is 0 Å². The number of methoxy groups -OCH3 is 1. The first-order valence-corrected chi connectivity index (χ1v) is 9.58. The van der Waals surface area contributed by atoms with Crippen LogP contribution < -0.4 is 4.90 Å². The zero-order valence-corrected chi connectivity index (χ0v) is 15.7. The SMILES string of the molecule is COC[C@H]1CCCN1c1cc2ccccc2nc1-c1cc2cc(F)ccc2o1. The summed E-state index contributed by atoms with van der Waals surface area (Å²) in [7, 11) is 1.74. The second-order valence-electron chi connectivity index (χ2n) is 7.29. The largest absolute Gasteiger partial charge is 0.454 e. The molecule has 0 amide bonds. The van der Waals surface area contributed by atoms with E-state index in [1.807, 2.05) is 24.3 Å². The summed E-state index contributed by atoms with van der Waals surface area (Å²) < 4.78 is 25.1. The summed E-state index contributed by atoms with van der Waals surface area (Å²) in [5.41, 5.74) is 3.40. The average molecular weight is 376 g/mol. The summed E-state index contributed by atoms with van der Waals surface area (Å²) in [6, 6.07) is 17.0. The number of furan rings is 1. The number of halogens is 1. The molecule has 2 aromatic heterocycles. The van der Waals surface area contributed by atoms with Crippen LogP contribution in [0.15, 0.2) is 59.0 Å². The van der Waals surface area contributed by atoms with Gasteiger partial charge in [-0.3, -0.25) is 0 Å². The van der Waals surface area contributed by atoms with Crippen molar-refractivity contribution in [3.05, 3.63) is 60.4 Å². The number of rotatable bonds is 4. The van der Waals surface area contributed by atoms with Crippen molar-refractivity contribution < 1.29 is 13.5 Å². The highest BCUT2D eigenvalue weighted by Gasteiger charge is 2.28. The van der Waals surface area contributed by atoms with Crippen LogP contribution in [-0.4, -0.2) is 31.3 Å². The number of benzene rings is 2. The summed E-state index contributed by atoms with van der Waals surface area (Å²) >= 11 is 0. The molecule has 0 unspecified atom stereocenters. The van der Waals surface area contributed by atoms with Gasteiger partial charge in [-0.2, -0.15) is 0 Å². The van der Waals surface area contributed by atoms with Crippen molar-refractivity contribution in [1.82, 2.24) is 4.98 Å². The normalized spacial score (nSPS) is 17.1. The van der Waals surface area contributed by atoms with Gasteiger partial charge < -0.3 is 14.1 Å². The van der Waals surface area contributed by atoms with Gasteiger partial charge in [0, 0.05) is 24.4 Å². The van der Waals surface area contributed by atoms with Gasteiger partial charge in [0.15, 0.2) is 5.76 Å². The molecule has 0 N–H and O–H groups in total. The van der Waals surface area contributed by atoms with Gasteiger partial charge in [0.2, 0.25) is 0 Å². The van der Waals surface area contributed by atoms with Crippen molar-refractivity contribution >= 4 is 27.6 Å². The number of nitrogens with zero attached hydrogens (tertiary/aromatic N) is 2. The van der Waals surface area contributed by atoms with E-state index in [1.54, 1.807) is 13.2 Å². The van der Waals surface area contributed by atoms with Crippen molar-refractivity contribution in [1.29, 1.82) is 0 Å². The number of fused-ring (bicyclic) bond motifs is 2. The topological polar surface area (TPSA) is 38.5 Å². The van der Waals surface area contributed by atoms with E-state index in [0.717, 1.165) is 47.1 Å². The fourth-order valence-corrected chi connectivity index (χ4v) is 4.15. The molecule has 4 aromatic rings. The molecule has 1 aliphatic heterocycles. The Labute approximate surface area is 162 Å². The molecular weight excluding hydrogens is 355 g/mol. The molecule has 3 heterocycles. The lowest BCUT2D eigenvalue weighted by molar-refractivity contribution is 0.181. The van der Waals surface area contributed by atoms with Gasteiger partial charge in [-0.15, -0.1) is 0 Å². The van der Waals surface area contributed by atoms with Crippen LogP contribution in [0.2, 0.25) is 0 Å². The molecule has 5 heteroatoms. The molecule has 28 heavy (non-hydrogen) atoms. The lowest BCUT2D eigenvalue weighted by Crippen LogP contribution is -2.33. The standard InChI is InChI=1S/C23H21FN2O2/c1-27-14-18-6-4-10-26(18)20-12-15-5-2-3-7-19(15)25-23(20)22-13-16-11-17(24)8-9-21(16)28-22/h2-3,5,7-9,11-13,18H,4,6,10,14H2,1H3/t18-/m1/s1. The summed E-state index contributed by atoms with van der Waals surface area (Å²) in [6.07, 6.45) is 2.21. The van der Waals surface area contributed by atoms with Crippen LogP contribution in [0.25, 0.3) is 33.3 Å². The Balaban J connectivity index is 1.71. The van der Waals surface area contributed by atoms with E-state index in [4.69, 9.17) is 14.1 Å². The van der Waals surface area contributed by atoms with E-state index in [-0.39, 0.29) is 5.82 Å². The van der Waals surface area contributed by atoms with Crippen LogP contribution in [0.5, 0.6) is 0 Å². The monoisotopic (exact) mass is 376 g/mol. The summed E-state index contributed by atoms with van der Waals surface area (Å²) in [5.74, 6) is 0.385. The molecule has 1 atom stereocenters. The van der Waals surface area contributed by atoms with Crippen molar-refractivity contribution in [3.63, 3.8) is 0 Å². The van der Waals surface area contributed by atoms with E-state index in [0.29, 0.717) is 24.0 Å². The maximum absolute atomic E-state index is 13.6. The third kappa shape index (κ3) is 2.92.